The highest BCUT2D eigenvalue weighted by Gasteiger charge is 2.35. The Hall–Kier alpha value is -0.920. The van der Waals surface area contributed by atoms with Crippen LogP contribution in [0.4, 0.5) is 0 Å². The van der Waals surface area contributed by atoms with Crippen molar-refractivity contribution in [2.24, 2.45) is 5.73 Å². The van der Waals surface area contributed by atoms with Crippen molar-refractivity contribution in [3.63, 3.8) is 0 Å². The van der Waals surface area contributed by atoms with E-state index < -0.39 is 10.0 Å². The first kappa shape index (κ1) is 12.5. The van der Waals surface area contributed by atoms with Gasteiger partial charge in [0.2, 0.25) is 0 Å². The summed E-state index contributed by atoms with van der Waals surface area (Å²) in [6.45, 7) is 2.39. The van der Waals surface area contributed by atoms with Gasteiger partial charge in [0, 0.05) is 18.6 Å². The highest BCUT2D eigenvalue weighted by molar-refractivity contribution is 7.89. The predicted octanol–water partition coefficient (Wildman–Crippen LogP) is 0.300. The molecule has 1 aliphatic heterocycles. The van der Waals surface area contributed by atoms with Crippen molar-refractivity contribution in [3.8, 4) is 0 Å². The third-order valence-corrected chi connectivity index (χ3v) is 5.01. The molecule has 1 saturated heterocycles. The van der Waals surface area contributed by atoms with Crippen molar-refractivity contribution >= 4 is 10.0 Å². The molecule has 1 fully saturated rings. The maximum atomic E-state index is 12.4. The first-order valence-electron chi connectivity index (χ1n) is 5.79. The van der Waals surface area contributed by atoms with Crippen LogP contribution in [0.5, 0.6) is 0 Å². The smallest absolute Gasteiger partial charge is 0.260 e. The summed E-state index contributed by atoms with van der Waals surface area (Å²) in [7, 11) is -3.48. The Labute approximate surface area is 101 Å². The van der Waals surface area contributed by atoms with Crippen LogP contribution in [0.25, 0.3) is 0 Å². The van der Waals surface area contributed by atoms with Gasteiger partial charge in [-0.25, -0.2) is 13.4 Å². The molecule has 0 unspecified atom stereocenters. The number of hydrogen-bond donors (Lipinski definition) is 2. The number of imidazole rings is 1. The third-order valence-electron chi connectivity index (χ3n) is 3.16. The van der Waals surface area contributed by atoms with Gasteiger partial charge in [0.15, 0.2) is 5.03 Å². The van der Waals surface area contributed by atoms with Gasteiger partial charge in [-0.05, 0) is 19.8 Å². The molecule has 1 aromatic heterocycles. The maximum Gasteiger partial charge on any atom is 0.260 e. The van der Waals surface area contributed by atoms with Crippen LogP contribution in [0, 0.1) is 0 Å². The van der Waals surface area contributed by atoms with Crippen molar-refractivity contribution in [1.29, 1.82) is 0 Å². The van der Waals surface area contributed by atoms with E-state index in [-0.39, 0.29) is 17.1 Å². The van der Waals surface area contributed by atoms with Crippen molar-refractivity contribution in [3.05, 3.63) is 12.5 Å². The number of piperidine rings is 1. The summed E-state index contributed by atoms with van der Waals surface area (Å²) in [5.41, 5.74) is 5.88. The van der Waals surface area contributed by atoms with Crippen molar-refractivity contribution in [2.75, 3.05) is 6.54 Å². The number of aromatic nitrogens is 2. The quantitative estimate of drug-likeness (QED) is 0.815. The minimum atomic E-state index is -3.48. The molecule has 17 heavy (non-hydrogen) atoms. The molecule has 2 atom stereocenters. The number of hydrogen-bond acceptors (Lipinski definition) is 4. The molecule has 0 amide bonds. The number of aromatic amines is 1. The van der Waals surface area contributed by atoms with E-state index in [9.17, 15) is 8.42 Å². The standard InChI is InChI=1S/C10H18N4O2S/c1-8(11)9-4-2-3-5-14(9)17(15,16)10-6-12-7-13-10/h6-9H,2-5,11H2,1H3,(H,12,13)/t8-,9-/m1/s1. The summed E-state index contributed by atoms with van der Waals surface area (Å²) < 4.78 is 26.2. The molecule has 1 aromatic rings. The number of rotatable bonds is 3. The lowest BCUT2D eigenvalue weighted by Gasteiger charge is -2.36. The zero-order valence-corrected chi connectivity index (χ0v) is 10.7. The van der Waals surface area contributed by atoms with Gasteiger partial charge in [0.25, 0.3) is 10.0 Å². The van der Waals surface area contributed by atoms with E-state index in [0.29, 0.717) is 6.54 Å². The van der Waals surface area contributed by atoms with E-state index in [1.807, 2.05) is 6.92 Å². The minimum absolute atomic E-state index is 0.114. The predicted molar refractivity (Wildman–Crippen MR) is 63.8 cm³/mol. The van der Waals surface area contributed by atoms with Crippen LogP contribution in [-0.2, 0) is 10.0 Å². The van der Waals surface area contributed by atoms with Crippen molar-refractivity contribution in [2.45, 2.75) is 43.3 Å². The molecule has 0 spiro atoms. The van der Waals surface area contributed by atoms with Gasteiger partial charge >= 0.3 is 0 Å². The largest absolute Gasteiger partial charge is 0.335 e. The molecular formula is C10H18N4O2S. The average Bonchev–Trinajstić information content (AvgIpc) is 2.83. The summed E-state index contributed by atoms with van der Waals surface area (Å²) in [5.74, 6) is 0. The molecule has 7 heteroatoms. The second kappa shape index (κ2) is 4.75. The average molecular weight is 258 g/mol. The van der Waals surface area contributed by atoms with Crippen LogP contribution in [0.2, 0.25) is 0 Å². The summed E-state index contributed by atoms with van der Waals surface area (Å²) in [6.07, 6.45) is 5.45. The Bertz CT molecular complexity index is 455. The zero-order chi connectivity index (χ0) is 12.5. The Morgan fingerprint density at radius 1 is 1.59 bits per heavy atom. The van der Waals surface area contributed by atoms with E-state index in [2.05, 4.69) is 9.97 Å². The van der Waals surface area contributed by atoms with Gasteiger partial charge in [-0.1, -0.05) is 6.42 Å². The summed E-state index contributed by atoms with van der Waals surface area (Å²) in [4.78, 5) is 6.41. The van der Waals surface area contributed by atoms with E-state index in [1.165, 1.54) is 16.8 Å². The Balaban J connectivity index is 2.31. The molecule has 0 bridgehead atoms. The summed E-state index contributed by atoms with van der Waals surface area (Å²) in [5, 5.41) is 0.144. The summed E-state index contributed by atoms with van der Waals surface area (Å²) in [6, 6.07) is -0.273. The molecule has 96 valence electrons. The fourth-order valence-electron chi connectivity index (χ4n) is 2.27. The second-order valence-electron chi connectivity index (χ2n) is 4.45. The Kier molecular flexibility index (Phi) is 3.50. The van der Waals surface area contributed by atoms with Crippen LogP contribution in [-0.4, -0.2) is 41.3 Å². The van der Waals surface area contributed by atoms with Gasteiger partial charge in [-0.2, -0.15) is 4.31 Å². The molecule has 1 aliphatic rings. The highest BCUT2D eigenvalue weighted by Crippen LogP contribution is 2.25. The highest BCUT2D eigenvalue weighted by atomic mass is 32.2. The third kappa shape index (κ3) is 2.36. The molecule has 0 saturated carbocycles. The number of sulfonamides is 1. The molecule has 2 heterocycles. The van der Waals surface area contributed by atoms with Gasteiger partial charge in [0.05, 0.1) is 12.5 Å². The van der Waals surface area contributed by atoms with E-state index >= 15 is 0 Å². The molecule has 0 radical (unpaired) electrons. The second-order valence-corrected chi connectivity index (χ2v) is 6.31. The number of nitrogens with two attached hydrogens (primary N) is 1. The first-order valence-corrected chi connectivity index (χ1v) is 7.23. The summed E-state index contributed by atoms with van der Waals surface area (Å²) >= 11 is 0. The molecule has 2 rings (SSSR count). The molecule has 0 aromatic carbocycles. The van der Waals surface area contributed by atoms with Gasteiger partial charge in [-0.3, -0.25) is 0 Å². The number of nitrogens with one attached hydrogen (secondary N) is 1. The lowest BCUT2D eigenvalue weighted by Crippen LogP contribution is -2.51. The molecule has 0 aliphatic carbocycles. The van der Waals surface area contributed by atoms with Crippen LogP contribution in [0.15, 0.2) is 17.6 Å². The minimum Gasteiger partial charge on any atom is -0.335 e. The van der Waals surface area contributed by atoms with Gasteiger partial charge < -0.3 is 10.7 Å². The monoisotopic (exact) mass is 258 g/mol. The van der Waals surface area contributed by atoms with Crippen LogP contribution < -0.4 is 5.73 Å². The number of nitrogens with zero attached hydrogens (tertiary/aromatic N) is 2. The van der Waals surface area contributed by atoms with Gasteiger partial charge in [0.1, 0.15) is 0 Å². The van der Waals surface area contributed by atoms with E-state index in [1.54, 1.807) is 0 Å². The first-order chi connectivity index (χ1) is 8.03. The maximum absolute atomic E-state index is 12.4. The lowest BCUT2D eigenvalue weighted by atomic mass is 10.00. The van der Waals surface area contributed by atoms with Gasteiger partial charge in [-0.15, -0.1) is 0 Å². The van der Waals surface area contributed by atoms with E-state index in [0.717, 1.165) is 19.3 Å². The topological polar surface area (TPSA) is 92.1 Å². The van der Waals surface area contributed by atoms with E-state index in [4.69, 9.17) is 5.73 Å². The Morgan fingerprint density at radius 2 is 2.35 bits per heavy atom. The SMILES string of the molecule is C[C@@H](N)[C@H]1CCCCN1S(=O)(=O)c1cnc[nH]1. The van der Waals surface area contributed by atoms with Crippen LogP contribution in [0.1, 0.15) is 26.2 Å². The normalized spacial score (nSPS) is 24.7. The Morgan fingerprint density at radius 3 is 2.94 bits per heavy atom. The fourth-order valence-corrected chi connectivity index (χ4v) is 3.94. The number of H-pyrrole nitrogens is 1. The zero-order valence-electron chi connectivity index (χ0n) is 9.83. The fraction of sp³-hybridized carbons (Fsp3) is 0.700. The van der Waals surface area contributed by atoms with Crippen molar-refractivity contribution in [1.82, 2.24) is 14.3 Å². The molecule has 6 nitrogen and oxygen atoms in total. The molecular weight excluding hydrogens is 240 g/mol. The van der Waals surface area contributed by atoms with Crippen molar-refractivity contribution < 1.29 is 8.42 Å². The molecule has 3 N–H and O–H groups in total. The lowest BCUT2D eigenvalue weighted by molar-refractivity contribution is 0.227. The van der Waals surface area contributed by atoms with Crippen LogP contribution >= 0.6 is 0 Å². The van der Waals surface area contributed by atoms with Crippen LogP contribution in [0.3, 0.4) is 0 Å².